The first-order valence-electron chi connectivity index (χ1n) is 6.76. The minimum atomic E-state index is -0.690. The number of rotatable bonds is 6. The van der Waals surface area contributed by atoms with Gasteiger partial charge < -0.3 is 10.1 Å². The highest BCUT2D eigenvalue weighted by molar-refractivity contribution is 7.07. The number of hydrogen-bond acceptors (Lipinski definition) is 4. The van der Waals surface area contributed by atoms with E-state index in [1.165, 1.54) is 0 Å². The summed E-state index contributed by atoms with van der Waals surface area (Å²) < 4.78 is 5.15. The lowest BCUT2D eigenvalue weighted by Gasteiger charge is -2.13. The van der Waals surface area contributed by atoms with Crippen LogP contribution in [0.2, 0.25) is 5.02 Å². The van der Waals surface area contributed by atoms with Crippen molar-refractivity contribution in [2.45, 2.75) is 26.0 Å². The second kappa shape index (κ2) is 7.96. The van der Waals surface area contributed by atoms with Crippen molar-refractivity contribution in [3.8, 4) is 0 Å². The molecule has 0 saturated carbocycles. The number of nitrogens with one attached hydrogen (secondary N) is 1. The van der Waals surface area contributed by atoms with Gasteiger partial charge in [-0.1, -0.05) is 23.7 Å². The summed E-state index contributed by atoms with van der Waals surface area (Å²) in [5.41, 5.74) is 1.74. The molecule has 0 aliphatic carbocycles. The largest absolute Gasteiger partial charge is 0.459 e. The first-order valence-corrected chi connectivity index (χ1v) is 8.08. The average molecular weight is 338 g/mol. The van der Waals surface area contributed by atoms with Gasteiger partial charge in [-0.25, -0.2) is 4.79 Å². The van der Waals surface area contributed by atoms with Gasteiger partial charge in [-0.05, 0) is 41.4 Å². The first-order chi connectivity index (χ1) is 10.5. The maximum Gasteiger partial charge on any atom is 0.328 e. The molecule has 0 fully saturated rings. The standard InChI is InChI=1S/C16H16ClNO3S/c1-11(16(20)21-9-13-5-6-22-10-13)18-15(19)8-12-3-2-4-14(17)7-12/h2-7,10-11H,8-9H2,1H3,(H,18,19). The highest BCUT2D eigenvalue weighted by atomic mass is 35.5. The van der Waals surface area contributed by atoms with Crippen molar-refractivity contribution >= 4 is 34.8 Å². The zero-order valence-electron chi connectivity index (χ0n) is 12.0. The molecule has 4 nitrogen and oxygen atoms in total. The van der Waals surface area contributed by atoms with E-state index in [9.17, 15) is 9.59 Å². The quantitative estimate of drug-likeness (QED) is 0.824. The molecule has 0 radical (unpaired) electrons. The van der Waals surface area contributed by atoms with Crippen LogP contribution in [0.1, 0.15) is 18.1 Å². The summed E-state index contributed by atoms with van der Waals surface area (Å²) in [5, 5.41) is 7.03. The molecule has 1 aromatic heterocycles. The van der Waals surface area contributed by atoms with E-state index in [1.54, 1.807) is 36.5 Å². The molecule has 1 aromatic carbocycles. The van der Waals surface area contributed by atoms with E-state index < -0.39 is 12.0 Å². The maximum absolute atomic E-state index is 11.9. The van der Waals surface area contributed by atoms with E-state index in [-0.39, 0.29) is 18.9 Å². The lowest BCUT2D eigenvalue weighted by atomic mass is 10.1. The third kappa shape index (κ3) is 5.16. The van der Waals surface area contributed by atoms with Gasteiger partial charge in [0, 0.05) is 10.6 Å². The highest BCUT2D eigenvalue weighted by Crippen LogP contribution is 2.11. The minimum absolute atomic E-state index is 0.169. The van der Waals surface area contributed by atoms with Crippen LogP contribution in [0.3, 0.4) is 0 Å². The number of amides is 1. The lowest BCUT2D eigenvalue weighted by molar-refractivity contribution is -0.148. The van der Waals surface area contributed by atoms with Crippen molar-refractivity contribution < 1.29 is 14.3 Å². The minimum Gasteiger partial charge on any atom is -0.459 e. The van der Waals surface area contributed by atoms with Gasteiger partial charge in [0.2, 0.25) is 5.91 Å². The van der Waals surface area contributed by atoms with E-state index in [0.29, 0.717) is 5.02 Å². The van der Waals surface area contributed by atoms with Crippen molar-refractivity contribution in [1.29, 1.82) is 0 Å². The van der Waals surface area contributed by atoms with Crippen LogP contribution in [0.5, 0.6) is 0 Å². The van der Waals surface area contributed by atoms with Gasteiger partial charge in [-0.2, -0.15) is 11.3 Å². The number of thiophene rings is 1. The predicted molar refractivity (Wildman–Crippen MR) is 86.9 cm³/mol. The SMILES string of the molecule is CC(NC(=O)Cc1cccc(Cl)c1)C(=O)OCc1ccsc1. The normalized spacial score (nSPS) is 11.7. The molecule has 0 aliphatic rings. The van der Waals surface area contributed by atoms with Gasteiger partial charge in [-0.3, -0.25) is 4.79 Å². The van der Waals surface area contributed by atoms with Crippen molar-refractivity contribution in [3.63, 3.8) is 0 Å². The van der Waals surface area contributed by atoms with Crippen molar-refractivity contribution in [3.05, 3.63) is 57.2 Å². The molecular formula is C16H16ClNO3S. The van der Waals surface area contributed by atoms with Gasteiger partial charge in [0.05, 0.1) is 6.42 Å². The first kappa shape index (κ1) is 16.5. The Kier molecular flexibility index (Phi) is 5.98. The van der Waals surface area contributed by atoms with Crippen LogP contribution in [0, 0.1) is 0 Å². The molecule has 116 valence electrons. The summed E-state index contributed by atoms with van der Waals surface area (Å²) in [6.45, 7) is 1.82. The molecule has 1 heterocycles. The Morgan fingerprint density at radius 1 is 1.32 bits per heavy atom. The second-order valence-electron chi connectivity index (χ2n) is 4.84. The van der Waals surface area contributed by atoms with Crippen LogP contribution < -0.4 is 5.32 Å². The van der Waals surface area contributed by atoms with E-state index in [0.717, 1.165) is 11.1 Å². The molecule has 2 aromatic rings. The fourth-order valence-corrected chi connectivity index (χ4v) is 2.70. The molecular weight excluding hydrogens is 322 g/mol. The van der Waals surface area contributed by atoms with Gasteiger partial charge in [0.25, 0.3) is 0 Å². The lowest BCUT2D eigenvalue weighted by Crippen LogP contribution is -2.40. The molecule has 0 spiro atoms. The second-order valence-corrected chi connectivity index (χ2v) is 6.05. The summed E-state index contributed by atoms with van der Waals surface area (Å²) in [6, 6.07) is 8.26. The van der Waals surface area contributed by atoms with Crippen LogP contribution in [0.4, 0.5) is 0 Å². The average Bonchev–Trinajstić information content (AvgIpc) is 2.97. The number of esters is 1. The van der Waals surface area contributed by atoms with Gasteiger partial charge in [0.1, 0.15) is 12.6 Å². The monoisotopic (exact) mass is 337 g/mol. The van der Waals surface area contributed by atoms with E-state index in [2.05, 4.69) is 5.32 Å². The van der Waals surface area contributed by atoms with Crippen molar-refractivity contribution in [2.75, 3.05) is 0 Å². The predicted octanol–water partition coefficient (Wildman–Crippen LogP) is 3.19. The zero-order chi connectivity index (χ0) is 15.9. The number of carbonyl (C=O) groups is 2. The van der Waals surface area contributed by atoms with Crippen LogP contribution in [-0.2, 0) is 27.4 Å². The van der Waals surface area contributed by atoms with Crippen LogP contribution >= 0.6 is 22.9 Å². The summed E-state index contributed by atoms with van der Waals surface area (Å²) >= 11 is 7.41. The Labute approximate surface area is 138 Å². The van der Waals surface area contributed by atoms with Crippen LogP contribution in [0.15, 0.2) is 41.1 Å². The van der Waals surface area contributed by atoms with Gasteiger partial charge in [-0.15, -0.1) is 0 Å². The summed E-state index contributed by atoms with van der Waals surface area (Å²) in [7, 11) is 0. The Hall–Kier alpha value is -1.85. The Morgan fingerprint density at radius 3 is 2.82 bits per heavy atom. The Balaban J connectivity index is 1.79. The molecule has 0 aliphatic heterocycles. The molecule has 22 heavy (non-hydrogen) atoms. The maximum atomic E-state index is 11.9. The summed E-state index contributed by atoms with van der Waals surface area (Å²) in [5.74, 6) is -0.701. The number of benzene rings is 1. The number of ether oxygens (including phenoxy) is 1. The van der Waals surface area contributed by atoms with Crippen molar-refractivity contribution in [1.82, 2.24) is 5.32 Å². The van der Waals surface area contributed by atoms with Crippen molar-refractivity contribution in [2.24, 2.45) is 0 Å². The van der Waals surface area contributed by atoms with Gasteiger partial charge >= 0.3 is 5.97 Å². The topological polar surface area (TPSA) is 55.4 Å². The number of hydrogen-bond donors (Lipinski definition) is 1. The Morgan fingerprint density at radius 2 is 2.14 bits per heavy atom. The molecule has 0 saturated heterocycles. The van der Waals surface area contributed by atoms with Gasteiger partial charge in [0.15, 0.2) is 0 Å². The van der Waals surface area contributed by atoms with E-state index in [4.69, 9.17) is 16.3 Å². The highest BCUT2D eigenvalue weighted by Gasteiger charge is 2.17. The molecule has 1 N–H and O–H groups in total. The fourth-order valence-electron chi connectivity index (χ4n) is 1.84. The third-order valence-electron chi connectivity index (χ3n) is 2.95. The fraction of sp³-hybridized carbons (Fsp3) is 0.250. The molecule has 0 bridgehead atoms. The molecule has 2 rings (SSSR count). The van der Waals surface area contributed by atoms with Crippen LogP contribution in [-0.4, -0.2) is 17.9 Å². The Bertz CT molecular complexity index is 643. The van der Waals surface area contributed by atoms with Crippen LogP contribution in [0.25, 0.3) is 0 Å². The number of carbonyl (C=O) groups excluding carboxylic acids is 2. The van der Waals surface area contributed by atoms with E-state index >= 15 is 0 Å². The van der Waals surface area contributed by atoms with E-state index in [1.807, 2.05) is 22.9 Å². The third-order valence-corrected chi connectivity index (χ3v) is 3.91. The molecule has 1 atom stereocenters. The number of halogens is 1. The summed E-state index contributed by atoms with van der Waals surface area (Å²) in [4.78, 5) is 23.7. The summed E-state index contributed by atoms with van der Waals surface area (Å²) in [6.07, 6.45) is 0.169. The molecule has 1 amide bonds. The molecule has 6 heteroatoms. The smallest absolute Gasteiger partial charge is 0.328 e. The molecule has 1 unspecified atom stereocenters. The zero-order valence-corrected chi connectivity index (χ0v) is 13.6.